The van der Waals surface area contributed by atoms with Gasteiger partial charge in [-0.05, 0) is 32.4 Å². The average Bonchev–Trinajstić information content (AvgIpc) is 2.92. The number of hydrogen-bond donors (Lipinski definition) is 1. The zero-order valence-corrected chi connectivity index (χ0v) is 12.9. The van der Waals surface area contributed by atoms with E-state index in [1.807, 2.05) is 11.8 Å². The van der Waals surface area contributed by atoms with Gasteiger partial charge >= 0.3 is 0 Å². The molecule has 0 radical (unpaired) electrons. The molecule has 1 aliphatic heterocycles. The minimum Gasteiger partial charge on any atom is -0.321 e. The predicted octanol–water partition coefficient (Wildman–Crippen LogP) is 3.46. The lowest BCUT2D eigenvalue weighted by molar-refractivity contribution is -0.129. The highest BCUT2D eigenvalue weighted by Gasteiger charge is 2.37. The lowest BCUT2D eigenvalue weighted by Gasteiger charge is -2.23. The van der Waals surface area contributed by atoms with Gasteiger partial charge in [-0.2, -0.15) is 0 Å². The van der Waals surface area contributed by atoms with E-state index in [2.05, 4.69) is 31.3 Å². The molecule has 1 aromatic heterocycles. The summed E-state index contributed by atoms with van der Waals surface area (Å²) in [4.78, 5) is 16.8. The van der Waals surface area contributed by atoms with Crippen LogP contribution in [0.25, 0.3) is 0 Å². The number of thiophene rings is 1. The highest BCUT2D eigenvalue weighted by molar-refractivity contribution is 7.12. The quantitative estimate of drug-likeness (QED) is 0.809. The molecule has 2 unspecified atom stereocenters. The van der Waals surface area contributed by atoms with Gasteiger partial charge in [-0.1, -0.05) is 26.2 Å². The first-order valence-corrected chi connectivity index (χ1v) is 8.08. The van der Waals surface area contributed by atoms with Crippen molar-refractivity contribution in [3.8, 4) is 0 Å². The SMILES string of the molecule is CCCCCCN1C(=O)C(C)NC1c1ccc(C)s1. The highest BCUT2D eigenvalue weighted by atomic mass is 32.1. The van der Waals surface area contributed by atoms with E-state index in [0.29, 0.717) is 0 Å². The number of unbranched alkanes of at least 4 members (excludes halogenated alkanes) is 3. The van der Waals surface area contributed by atoms with Gasteiger partial charge in [0.05, 0.1) is 6.04 Å². The Hall–Kier alpha value is -0.870. The number of rotatable bonds is 6. The van der Waals surface area contributed by atoms with E-state index in [9.17, 15) is 4.79 Å². The Kier molecular flexibility index (Phi) is 4.99. The summed E-state index contributed by atoms with van der Waals surface area (Å²) in [5.74, 6) is 0.243. The van der Waals surface area contributed by atoms with E-state index in [-0.39, 0.29) is 18.1 Å². The molecule has 106 valence electrons. The van der Waals surface area contributed by atoms with Crippen LogP contribution in [0.15, 0.2) is 12.1 Å². The summed E-state index contributed by atoms with van der Waals surface area (Å²) in [7, 11) is 0. The second-order valence-corrected chi connectivity index (χ2v) is 6.65. The summed E-state index contributed by atoms with van der Waals surface area (Å²) in [6.07, 6.45) is 4.90. The van der Waals surface area contributed by atoms with Crippen LogP contribution in [0.1, 0.15) is 55.5 Å². The summed E-state index contributed by atoms with van der Waals surface area (Å²) in [5, 5.41) is 3.41. The summed E-state index contributed by atoms with van der Waals surface area (Å²) in [5.41, 5.74) is 0. The smallest absolute Gasteiger partial charge is 0.241 e. The van der Waals surface area contributed by atoms with Gasteiger partial charge in [-0.25, -0.2) is 0 Å². The Balaban J connectivity index is 2.01. The first-order chi connectivity index (χ1) is 9.13. The van der Waals surface area contributed by atoms with E-state index in [1.54, 1.807) is 11.3 Å². The van der Waals surface area contributed by atoms with Crippen LogP contribution in [0.2, 0.25) is 0 Å². The van der Waals surface area contributed by atoms with Crippen molar-refractivity contribution in [3.63, 3.8) is 0 Å². The summed E-state index contributed by atoms with van der Waals surface area (Å²) in [6, 6.07) is 4.21. The largest absolute Gasteiger partial charge is 0.321 e. The van der Waals surface area contributed by atoms with Crippen molar-refractivity contribution in [2.75, 3.05) is 6.54 Å². The first kappa shape index (κ1) is 14.5. The molecule has 1 amide bonds. The number of nitrogens with one attached hydrogen (secondary N) is 1. The topological polar surface area (TPSA) is 32.3 Å². The molecule has 2 atom stereocenters. The number of aryl methyl sites for hydroxylation is 1. The number of carbonyl (C=O) groups is 1. The Bertz CT molecular complexity index is 430. The van der Waals surface area contributed by atoms with Gasteiger partial charge < -0.3 is 4.90 Å². The maximum Gasteiger partial charge on any atom is 0.241 e. The fourth-order valence-corrected chi connectivity index (χ4v) is 3.51. The molecular formula is C15H24N2OS. The molecule has 0 saturated carbocycles. The molecule has 4 heteroatoms. The zero-order chi connectivity index (χ0) is 13.8. The minimum absolute atomic E-state index is 0.0569. The number of nitrogens with zero attached hydrogens (tertiary/aromatic N) is 1. The fraction of sp³-hybridized carbons (Fsp3) is 0.667. The molecular weight excluding hydrogens is 256 g/mol. The van der Waals surface area contributed by atoms with Crippen LogP contribution < -0.4 is 5.32 Å². The zero-order valence-electron chi connectivity index (χ0n) is 12.1. The van der Waals surface area contributed by atoms with Gasteiger partial charge in [0, 0.05) is 16.3 Å². The van der Waals surface area contributed by atoms with Crippen molar-refractivity contribution in [1.29, 1.82) is 0 Å². The van der Waals surface area contributed by atoms with E-state index in [1.165, 1.54) is 29.0 Å². The predicted molar refractivity (Wildman–Crippen MR) is 80.2 cm³/mol. The molecule has 1 aromatic rings. The Morgan fingerprint density at radius 3 is 2.74 bits per heavy atom. The van der Waals surface area contributed by atoms with Crippen LogP contribution >= 0.6 is 11.3 Å². The van der Waals surface area contributed by atoms with Gasteiger partial charge in [-0.3, -0.25) is 10.1 Å². The molecule has 0 aliphatic carbocycles. The van der Waals surface area contributed by atoms with Crippen LogP contribution in [-0.4, -0.2) is 23.4 Å². The van der Waals surface area contributed by atoms with Gasteiger partial charge in [0.25, 0.3) is 0 Å². The molecule has 1 saturated heterocycles. The number of amides is 1. The van der Waals surface area contributed by atoms with Crippen molar-refractivity contribution in [3.05, 3.63) is 21.9 Å². The van der Waals surface area contributed by atoms with Crippen molar-refractivity contribution in [1.82, 2.24) is 10.2 Å². The highest BCUT2D eigenvalue weighted by Crippen LogP contribution is 2.30. The maximum absolute atomic E-state index is 12.2. The Morgan fingerprint density at radius 1 is 1.32 bits per heavy atom. The third kappa shape index (κ3) is 3.37. The lowest BCUT2D eigenvalue weighted by Crippen LogP contribution is -2.31. The van der Waals surface area contributed by atoms with E-state index >= 15 is 0 Å². The summed E-state index contributed by atoms with van der Waals surface area (Å²) >= 11 is 1.78. The molecule has 2 rings (SSSR count). The molecule has 3 nitrogen and oxygen atoms in total. The van der Waals surface area contributed by atoms with E-state index < -0.39 is 0 Å². The first-order valence-electron chi connectivity index (χ1n) is 7.26. The van der Waals surface area contributed by atoms with Crippen LogP contribution in [0.5, 0.6) is 0 Å². The molecule has 1 aliphatic rings. The van der Waals surface area contributed by atoms with Crippen molar-refractivity contribution in [2.24, 2.45) is 0 Å². The Morgan fingerprint density at radius 2 is 2.11 bits per heavy atom. The molecule has 19 heavy (non-hydrogen) atoms. The average molecular weight is 280 g/mol. The summed E-state index contributed by atoms with van der Waals surface area (Å²) < 4.78 is 0. The van der Waals surface area contributed by atoms with Gasteiger partial charge in [0.1, 0.15) is 6.17 Å². The molecule has 1 N–H and O–H groups in total. The van der Waals surface area contributed by atoms with Crippen LogP contribution in [0.4, 0.5) is 0 Å². The van der Waals surface area contributed by atoms with Crippen LogP contribution in [-0.2, 0) is 4.79 Å². The molecule has 0 spiro atoms. The normalized spacial score (nSPS) is 23.3. The second-order valence-electron chi connectivity index (χ2n) is 5.33. The summed E-state index contributed by atoms with van der Waals surface area (Å²) in [6.45, 7) is 7.15. The van der Waals surface area contributed by atoms with Gasteiger partial charge in [0.15, 0.2) is 0 Å². The third-order valence-corrected chi connectivity index (χ3v) is 4.71. The molecule has 1 fully saturated rings. The second kappa shape index (κ2) is 6.53. The van der Waals surface area contributed by atoms with Crippen LogP contribution in [0, 0.1) is 6.92 Å². The minimum atomic E-state index is -0.0569. The molecule has 0 aromatic carbocycles. The van der Waals surface area contributed by atoms with E-state index in [0.717, 1.165) is 13.0 Å². The monoisotopic (exact) mass is 280 g/mol. The van der Waals surface area contributed by atoms with Crippen molar-refractivity contribution in [2.45, 2.75) is 58.7 Å². The van der Waals surface area contributed by atoms with Crippen molar-refractivity contribution >= 4 is 17.2 Å². The van der Waals surface area contributed by atoms with Crippen molar-refractivity contribution < 1.29 is 4.79 Å². The maximum atomic E-state index is 12.2. The molecule has 0 bridgehead atoms. The fourth-order valence-electron chi connectivity index (χ4n) is 2.56. The number of carbonyl (C=O) groups excluding carboxylic acids is 1. The van der Waals surface area contributed by atoms with Gasteiger partial charge in [-0.15, -0.1) is 11.3 Å². The molecule has 2 heterocycles. The number of hydrogen-bond acceptors (Lipinski definition) is 3. The third-order valence-electron chi connectivity index (χ3n) is 3.66. The van der Waals surface area contributed by atoms with Crippen LogP contribution in [0.3, 0.4) is 0 Å². The lowest BCUT2D eigenvalue weighted by atomic mass is 10.2. The van der Waals surface area contributed by atoms with Gasteiger partial charge in [0.2, 0.25) is 5.91 Å². The Labute approximate surface area is 120 Å². The standard InChI is InChI=1S/C15H24N2OS/c1-4-5-6-7-10-17-14(16-12(3)15(17)18)13-9-8-11(2)19-13/h8-9,12,14,16H,4-7,10H2,1-3H3. The van der Waals surface area contributed by atoms with E-state index in [4.69, 9.17) is 0 Å².